The Hall–Kier alpha value is -1.57. The van der Waals surface area contributed by atoms with Crippen LogP contribution >= 0.6 is 0 Å². The molecule has 0 fully saturated rings. The molecule has 15 heavy (non-hydrogen) atoms. The molecule has 1 N–H and O–H groups in total. The predicted octanol–water partition coefficient (Wildman–Crippen LogP) is 3.12. The lowest BCUT2D eigenvalue weighted by Gasteiger charge is -2.05. The highest BCUT2D eigenvalue weighted by Crippen LogP contribution is 2.18. The summed E-state index contributed by atoms with van der Waals surface area (Å²) in [5.74, 6) is 0.481. The molecule has 0 aliphatic rings. The number of hydrogen-bond acceptors (Lipinski definition) is 1. The van der Waals surface area contributed by atoms with Crippen LogP contribution in [0, 0.1) is 0 Å². The van der Waals surface area contributed by atoms with Crippen LogP contribution in [0.15, 0.2) is 36.7 Å². The Morgan fingerprint density at radius 1 is 1.20 bits per heavy atom. The summed E-state index contributed by atoms with van der Waals surface area (Å²) in [5.41, 5.74) is 3.73. The molecule has 78 valence electrons. The van der Waals surface area contributed by atoms with E-state index >= 15 is 0 Å². The first-order chi connectivity index (χ1) is 7.27. The van der Waals surface area contributed by atoms with Gasteiger partial charge >= 0.3 is 0 Å². The van der Waals surface area contributed by atoms with Crippen molar-refractivity contribution in [2.75, 3.05) is 0 Å². The molecule has 1 heterocycles. The van der Waals surface area contributed by atoms with Crippen molar-refractivity contribution in [1.82, 2.24) is 9.97 Å². The molecule has 0 saturated heterocycles. The van der Waals surface area contributed by atoms with Gasteiger partial charge in [0.1, 0.15) is 0 Å². The van der Waals surface area contributed by atoms with Gasteiger partial charge in [0.2, 0.25) is 0 Å². The lowest BCUT2D eigenvalue weighted by Crippen LogP contribution is -1.96. The highest BCUT2D eigenvalue weighted by molar-refractivity contribution is 5.25. The molecule has 0 spiro atoms. The zero-order valence-corrected chi connectivity index (χ0v) is 9.20. The van der Waals surface area contributed by atoms with Crippen molar-refractivity contribution in [3.8, 4) is 0 Å². The molecule has 2 rings (SSSR count). The summed E-state index contributed by atoms with van der Waals surface area (Å²) in [4.78, 5) is 7.58. The minimum atomic E-state index is 0.481. The van der Waals surface area contributed by atoms with E-state index in [0.717, 1.165) is 6.42 Å². The summed E-state index contributed by atoms with van der Waals surface area (Å²) in [6.07, 6.45) is 2.72. The van der Waals surface area contributed by atoms with Crippen LogP contribution in [-0.4, -0.2) is 9.97 Å². The van der Waals surface area contributed by atoms with Gasteiger partial charge in [0.15, 0.2) is 0 Å². The van der Waals surface area contributed by atoms with Gasteiger partial charge in [-0.25, -0.2) is 4.98 Å². The van der Waals surface area contributed by atoms with E-state index in [4.69, 9.17) is 0 Å². The molecule has 0 aliphatic carbocycles. The monoisotopic (exact) mass is 200 g/mol. The molecule has 2 aromatic rings. The highest BCUT2D eigenvalue weighted by atomic mass is 14.9. The first-order valence-corrected chi connectivity index (χ1v) is 5.33. The van der Waals surface area contributed by atoms with Crippen molar-refractivity contribution in [3.63, 3.8) is 0 Å². The average Bonchev–Trinajstić information content (AvgIpc) is 2.67. The largest absolute Gasteiger partial charge is 0.348 e. The van der Waals surface area contributed by atoms with Crippen LogP contribution in [0.4, 0.5) is 0 Å². The number of imidazole rings is 1. The fourth-order valence-electron chi connectivity index (χ4n) is 1.77. The Balaban J connectivity index is 2.21. The molecular formula is C13H16N2. The third-order valence-electron chi connectivity index (χ3n) is 2.52. The Kier molecular flexibility index (Phi) is 2.86. The summed E-state index contributed by atoms with van der Waals surface area (Å²) in [5, 5.41) is 0. The zero-order valence-electron chi connectivity index (χ0n) is 9.20. The molecule has 0 aliphatic heterocycles. The summed E-state index contributed by atoms with van der Waals surface area (Å²) in [6, 6.07) is 10.5. The Morgan fingerprint density at radius 2 is 1.93 bits per heavy atom. The number of aromatic amines is 1. The molecule has 0 amide bonds. The molecule has 0 saturated carbocycles. The minimum absolute atomic E-state index is 0.481. The van der Waals surface area contributed by atoms with Crippen molar-refractivity contribution >= 4 is 0 Å². The van der Waals surface area contributed by atoms with E-state index in [1.807, 2.05) is 6.07 Å². The number of nitrogens with one attached hydrogen (secondary N) is 1. The molecule has 0 bridgehead atoms. The zero-order chi connectivity index (χ0) is 10.7. The van der Waals surface area contributed by atoms with Crippen LogP contribution < -0.4 is 0 Å². The van der Waals surface area contributed by atoms with Crippen LogP contribution in [0.5, 0.6) is 0 Å². The summed E-state index contributed by atoms with van der Waals surface area (Å²) in [7, 11) is 0. The van der Waals surface area contributed by atoms with Gasteiger partial charge in [0, 0.05) is 12.1 Å². The lowest BCUT2D eigenvalue weighted by atomic mass is 10.0. The van der Waals surface area contributed by atoms with Crippen LogP contribution in [0.1, 0.15) is 36.7 Å². The molecular weight excluding hydrogens is 184 g/mol. The third kappa shape index (κ3) is 2.27. The third-order valence-corrected chi connectivity index (χ3v) is 2.52. The molecule has 0 radical (unpaired) electrons. The Morgan fingerprint density at radius 3 is 2.60 bits per heavy atom. The summed E-state index contributed by atoms with van der Waals surface area (Å²) >= 11 is 0. The number of benzene rings is 1. The molecule has 1 aromatic heterocycles. The van der Waals surface area contributed by atoms with E-state index in [1.54, 1.807) is 6.33 Å². The number of rotatable bonds is 3. The highest BCUT2D eigenvalue weighted by Gasteiger charge is 2.09. The van der Waals surface area contributed by atoms with E-state index < -0.39 is 0 Å². The Labute approximate surface area is 90.4 Å². The number of aromatic nitrogens is 2. The SMILES string of the molecule is CC(C)c1nc[nH]c1Cc1ccccc1. The number of H-pyrrole nitrogens is 1. The molecule has 2 nitrogen and oxygen atoms in total. The van der Waals surface area contributed by atoms with Gasteiger partial charge in [-0.1, -0.05) is 44.2 Å². The standard InChI is InChI=1S/C13H16N2/c1-10(2)13-12(14-9-15-13)8-11-6-4-3-5-7-11/h3-7,9-10H,8H2,1-2H3,(H,14,15). The van der Waals surface area contributed by atoms with Crippen molar-refractivity contribution in [1.29, 1.82) is 0 Å². The van der Waals surface area contributed by atoms with E-state index in [1.165, 1.54) is 17.0 Å². The second-order valence-electron chi connectivity index (χ2n) is 4.08. The van der Waals surface area contributed by atoms with Crippen LogP contribution in [0.25, 0.3) is 0 Å². The van der Waals surface area contributed by atoms with Gasteiger partial charge in [-0.15, -0.1) is 0 Å². The quantitative estimate of drug-likeness (QED) is 0.810. The van der Waals surface area contributed by atoms with Gasteiger partial charge in [-0.05, 0) is 11.5 Å². The van der Waals surface area contributed by atoms with Crippen molar-refractivity contribution in [2.24, 2.45) is 0 Å². The van der Waals surface area contributed by atoms with Crippen LogP contribution in [0.2, 0.25) is 0 Å². The second-order valence-corrected chi connectivity index (χ2v) is 4.08. The van der Waals surface area contributed by atoms with Crippen LogP contribution in [-0.2, 0) is 6.42 Å². The van der Waals surface area contributed by atoms with E-state index in [9.17, 15) is 0 Å². The van der Waals surface area contributed by atoms with Gasteiger partial charge in [-0.2, -0.15) is 0 Å². The van der Waals surface area contributed by atoms with Gasteiger partial charge in [0.25, 0.3) is 0 Å². The maximum absolute atomic E-state index is 4.36. The number of nitrogens with zero attached hydrogens (tertiary/aromatic N) is 1. The summed E-state index contributed by atoms with van der Waals surface area (Å²) in [6.45, 7) is 4.34. The van der Waals surface area contributed by atoms with Crippen molar-refractivity contribution in [3.05, 3.63) is 53.6 Å². The smallest absolute Gasteiger partial charge is 0.0925 e. The van der Waals surface area contributed by atoms with Gasteiger partial charge in [0.05, 0.1) is 12.0 Å². The molecule has 2 heteroatoms. The second kappa shape index (κ2) is 4.30. The van der Waals surface area contributed by atoms with Crippen molar-refractivity contribution < 1.29 is 0 Å². The maximum Gasteiger partial charge on any atom is 0.0925 e. The first kappa shape index (κ1) is 9.97. The number of hydrogen-bond donors (Lipinski definition) is 1. The fraction of sp³-hybridized carbons (Fsp3) is 0.308. The van der Waals surface area contributed by atoms with Crippen molar-refractivity contribution in [2.45, 2.75) is 26.2 Å². The maximum atomic E-state index is 4.36. The van der Waals surface area contributed by atoms with Gasteiger partial charge in [-0.3, -0.25) is 0 Å². The normalized spacial score (nSPS) is 10.9. The fourth-order valence-corrected chi connectivity index (χ4v) is 1.77. The molecule has 0 unspecified atom stereocenters. The van der Waals surface area contributed by atoms with E-state index in [0.29, 0.717) is 5.92 Å². The summed E-state index contributed by atoms with van der Waals surface area (Å²) < 4.78 is 0. The minimum Gasteiger partial charge on any atom is -0.348 e. The van der Waals surface area contributed by atoms with Gasteiger partial charge < -0.3 is 4.98 Å². The molecule has 0 atom stereocenters. The predicted molar refractivity (Wildman–Crippen MR) is 61.9 cm³/mol. The van der Waals surface area contributed by atoms with E-state index in [-0.39, 0.29) is 0 Å². The molecule has 1 aromatic carbocycles. The van der Waals surface area contributed by atoms with Crippen LogP contribution in [0.3, 0.4) is 0 Å². The Bertz CT molecular complexity index is 415. The topological polar surface area (TPSA) is 28.7 Å². The first-order valence-electron chi connectivity index (χ1n) is 5.33. The average molecular weight is 200 g/mol. The van der Waals surface area contributed by atoms with E-state index in [2.05, 4.69) is 48.1 Å². The lowest BCUT2D eigenvalue weighted by molar-refractivity contribution is 0.814.